The monoisotopic (exact) mass is 533 g/mol. The van der Waals surface area contributed by atoms with Gasteiger partial charge in [-0.3, -0.25) is 4.90 Å². The van der Waals surface area contributed by atoms with Crippen molar-refractivity contribution in [1.29, 1.82) is 0 Å². The summed E-state index contributed by atoms with van der Waals surface area (Å²) in [4.78, 5) is 32.6. The molecule has 0 N–H and O–H groups in total. The molecule has 1 aromatic carbocycles. The van der Waals surface area contributed by atoms with E-state index in [4.69, 9.17) is 9.47 Å². The molecule has 0 saturated carbocycles. The van der Waals surface area contributed by atoms with Crippen LogP contribution in [0.1, 0.15) is 52.1 Å². The van der Waals surface area contributed by atoms with Gasteiger partial charge in [-0.25, -0.2) is 27.8 Å². The highest BCUT2D eigenvalue weighted by molar-refractivity contribution is 5.86. The van der Waals surface area contributed by atoms with Crippen molar-refractivity contribution in [3.63, 3.8) is 0 Å². The minimum Gasteiger partial charge on any atom is -0.468 e. The third-order valence-electron chi connectivity index (χ3n) is 5.83. The van der Waals surface area contributed by atoms with E-state index in [-0.39, 0.29) is 24.8 Å². The molecule has 2 aliphatic rings. The third kappa shape index (κ3) is 6.17. The molecule has 1 saturated heterocycles. The number of amides is 3. The maximum Gasteiger partial charge on any atom is 0.416 e. The zero-order valence-corrected chi connectivity index (χ0v) is 21.7. The van der Waals surface area contributed by atoms with Gasteiger partial charge in [0.1, 0.15) is 29.2 Å². The number of ether oxygens (including phenoxy) is 2. The van der Waals surface area contributed by atoms with E-state index in [2.05, 4.69) is 10.1 Å². The van der Waals surface area contributed by atoms with Gasteiger partial charge in [0.05, 0.1) is 19.1 Å². The molecule has 38 heavy (non-hydrogen) atoms. The predicted octanol–water partition coefficient (Wildman–Crippen LogP) is 5.27. The minimum atomic E-state index is -0.738. The fourth-order valence-electron chi connectivity index (χ4n) is 4.10. The summed E-state index contributed by atoms with van der Waals surface area (Å²) in [5.74, 6) is -2.30. The number of hydrazone groups is 1. The highest BCUT2D eigenvalue weighted by Crippen LogP contribution is 2.32. The molecule has 204 valence electrons. The molecule has 0 spiro atoms. The van der Waals surface area contributed by atoms with E-state index >= 15 is 0 Å². The average Bonchev–Trinajstić information content (AvgIpc) is 3.29. The zero-order valence-electron chi connectivity index (χ0n) is 21.7. The van der Waals surface area contributed by atoms with E-state index in [0.29, 0.717) is 24.9 Å². The van der Waals surface area contributed by atoms with Gasteiger partial charge in [-0.1, -0.05) is 6.92 Å². The SMILES string of the molecule is CCCN(C(=O)OC(C)(C)C)c1ccc(F)c(OC2CN(C(=O)N3N=CC[C@H]3c3cc(F)cc(F)c3)C2)n1. The number of halogens is 3. The second-order valence-electron chi connectivity index (χ2n) is 10.1. The number of nitrogens with zero attached hydrogens (tertiary/aromatic N) is 5. The third-order valence-corrected chi connectivity index (χ3v) is 5.83. The molecule has 3 heterocycles. The van der Waals surface area contributed by atoms with Gasteiger partial charge in [0.25, 0.3) is 5.88 Å². The van der Waals surface area contributed by atoms with Crippen LogP contribution in [0.15, 0.2) is 35.4 Å². The van der Waals surface area contributed by atoms with Crippen molar-refractivity contribution in [3.05, 3.63) is 53.3 Å². The second kappa shape index (κ2) is 10.9. The van der Waals surface area contributed by atoms with Gasteiger partial charge in [-0.2, -0.15) is 10.1 Å². The van der Waals surface area contributed by atoms with Crippen LogP contribution in [-0.4, -0.2) is 64.6 Å². The number of benzene rings is 1. The molecular weight excluding hydrogens is 503 g/mol. The quantitative estimate of drug-likeness (QED) is 0.505. The number of urea groups is 1. The normalized spacial score (nSPS) is 17.4. The number of carbonyl (C=O) groups excluding carboxylic acids is 2. The molecule has 1 aromatic heterocycles. The molecule has 0 unspecified atom stereocenters. The molecule has 0 aliphatic carbocycles. The number of pyridine rings is 1. The van der Waals surface area contributed by atoms with Gasteiger partial charge in [-0.05, 0) is 57.0 Å². The summed E-state index contributed by atoms with van der Waals surface area (Å²) in [6.07, 6.45) is 1.29. The van der Waals surface area contributed by atoms with Crippen molar-refractivity contribution in [2.24, 2.45) is 5.10 Å². The Labute approximate surface area is 218 Å². The molecule has 4 rings (SSSR count). The van der Waals surface area contributed by atoms with Crippen LogP contribution in [0.3, 0.4) is 0 Å². The number of rotatable bonds is 6. The lowest BCUT2D eigenvalue weighted by Gasteiger charge is -2.40. The predicted molar refractivity (Wildman–Crippen MR) is 133 cm³/mol. The summed E-state index contributed by atoms with van der Waals surface area (Å²) < 4.78 is 53.1. The maximum atomic E-state index is 14.5. The van der Waals surface area contributed by atoms with E-state index in [1.165, 1.54) is 39.2 Å². The number of hydrogen-bond donors (Lipinski definition) is 0. The van der Waals surface area contributed by atoms with Crippen molar-refractivity contribution in [2.75, 3.05) is 24.5 Å². The topological polar surface area (TPSA) is 87.6 Å². The Bertz CT molecular complexity index is 1210. The van der Waals surface area contributed by atoms with Gasteiger partial charge in [0.2, 0.25) is 0 Å². The van der Waals surface area contributed by atoms with E-state index < -0.39 is 47.3 Å². The lowest BCUT2D eigenvalue weighted by molar-refractivity contribution is 0.0230. The van der Waals surface area contributed by atoms with E-state index in [1.807, 2.05) is 6.92 Å². The first-order valence-corrected chi connectivity index (χ1v) is 12.4. The van der Waals surface area contributed by atoms with E-state index in [0.717, 1.165) is 12.1 Å². The van der Waals surface area contributed by atoms with Crippen LogP contribution in [-0.2, 0) is 4.74 Å². The minimum absolute atomic E-state index is 0.130. The van der Waals surface area contributed by atoms with Crippen LogP contribution in [0.5, 0.6) is 5.88 Å². The summed E-state index contributed by atoms with van der Waals surface area (Å²) in [7, 11) is 0. The van der Waals surface area contributed by atoms with E-state index in [9.17, 15) is 22.8 Å². The highest BCUT2D eigenvalue weighted by Gasteiger charge is 2.39. The standard InChI is InChI=1S/C26H30F3N5O4/c1-5-10-33(25(36)38-26(2,3)4)22-7-6-20(29)23(31-22)37-19-14-32(15-19)24(35)34-21(8-9-30-34)16-11-17(27)13-18(28)12-16/h6-7,9,11-13,19,21H,5,8,10,14-15H2,1-4H3/t21-/m0/s1. The summed E-state index contributed by atoms with van der Waals surface area (Å²) in [5, 5.41) is 5.25. The molecule has 1 fully saturated rings. The lowest BCUT2D eigenvalue weighted by atomic mass is 10.0. The first kappa shape index (κ1) is 27.2. The molecule has 0 radical (unpaired) electrons. The van der Waals surface area contributed by atoms with Crippen LogP contribution in [0, 0.1) is 17.5 Å². The Balaban J connectivity index is 1.40. The molecule has 2 aliphatic heterocycles. The Morgan fingerprint density at radius 2 is 1.79 bits per heavy atom. The summed E-state index contributed by atoms with van der Waals surface area (Å²) in [5.41, 5.74) is -0.419. The van der Waals surface area contributed by atoms with Gasteiger partial charge < -0.3 is 14.4 Å². The molecular formula is C26H30F3N5O4. The Kier molecular flexibility index (Phi) is 7.79. The number of aromatic nitrogens is 1. The smallest absolute Gasteiger partial charge is 0.416 e. The molecule has 9 nitrogen and oxygen atoms in total. The van der Waals surface area contributed by atoms with Gasteiger partial charge in [-0.15, -0.1) is 0 Å². The number of carbonyl (C=O) groups is 2. The van der Waals surface area contributed by atoms with Crippen LogP contribution >= 0.6 is 0 Å². The summed E-state index contributed by atoms with van der Waals surface area (Å²) >= 11 is 0. The van der Waals surface area contributed by atoms with Crippen LogP contribution < -0.4 is 9.64 Å². The first-order valence-electron chi connectivity index (χ1n) is 12.4. The Morgan fingerprint density at radius 3 is 2.42 bits per heavy atom. The maximum absolute atomic E-state index is 14.5. The molecule has 0 bridgehead atoms. The first-order chi connectivity index (χ1) is 17.9. The number of anilines is 1. The lowest BCUT2D eigenvalue weighted by Crippen LogP contribution is -2.59. The number of likely N-dealkylation sites (tertiary alicyclic amines) is 1. The summed E-state index contributed by atoms with van der Waals surface area (Å²) in [6, 6.07) is 4.54. The van der Waals surface area contributed by atoms with Gasteiger partial charge in [0, 0.05) is 25.2 Å². The fourth-order valence-corrected chi connectivity index (χ4v) is 4.10. The summed E-state index contributed by atoms with van der Waals surface area (Å²) in [6.45, 7) is 7.70. The largest absolute Gasteiger partial charge is 0.468 e. The van der Waals surface area contributed by atoms with Crippen LogP contribution in [0.2, 0.25) is 0 Å². The van der Waals surface area contributed by atoms with Crippen molar-refractivity contribution in [2.45, 2.75) is 58.3 Å². The van der Waals surface area contributed by atoms with Crippen LogP contribution in [0.4, 0.5) is 28.6 Å². The van der Waals surface area contributed by atoms with Gasteiger partial charge >= 0.3 is 12.1 Å². The molecule has 2 aromatic rings. The highest BCUT2D eigenvalue weighted by atomic mass is 19.1. The molecule has 1 atom stereocenters. The zero-order chi connectivity index (χ0) is 27.6. The average molecular weight is 534 g/mol. The molecule has 12 heteroatoms. The van der Waals surface area contributed by atoms with Crippen LogP contribution in [0.25, 0.3) is 0 Å². The van der Waals surface area contributed by atoms with Crippen molar-refractivity contribution in [1.82, 2.24) is 14.9 Å². The van der Waals surface area contributed by atoms with Crippen molar-refractivity contribution >= 4 is 24.2 Å². The molecule has 3 amide bonds. The number of hydrogen-bond acceptors (Lipinski definition) is 6. The van der Waals surface area contributed by atoms with Crippen molar-refractivity contribution < 1.29 is 32.2 Å². The Hall–Kier alpha value is -3.83. The van der Waals surface area contributed by atoms with E-state index in [1.54, 1.807) is 20.8 Å². The Morgan fingerprint density at radius 1 is 1.11 bits per heavy atom. The van der Waals surface area contributed by atoms with Gasteiger partial charge in [0.15, 0.2) is 5.82 Å². The fraction of sp³-hybridized carbons (Fsp3) is 0.462. The van der Waals surface area contributed by atoms with Crippen molar-refractivity contribution in [3.8, 4) is 5.88 Å². The second-order valence-corrected chi connectivity index (χ2v) is 10.1.